The minimum Gasteiger partial charge on any atom is -0.444 e. The van der Waals surface area contributed by atoms with Crippen LogP contribution in [0.5, 0.6) is 0 Å². The third kappa shape index (κ3) is 7.55. The SMILES string of the molecule is CCNC(=NCc1coc(-c2ccc(C)cc2)n1)NC1CCN(CCOC)CC1.I. The van der Waals surface area contributed by atoms with E-state index in [2.05, 4.69) is 46.5 Å². The molecule has 0 spiro atoms. The van der Waals surface area contributed by atoms with Gasteiger partial charge in [0.25, 0.3) is 0 Å². The molecule has 1 fully saturated rings. The molecule has 166 valence electrons. The number of guanidine groups is 1. The highest BCUT2D eigenvalue weighted by Crippen LogP contribution is 2.19. The zero-order valence-corrected chi connectivity index (χ0v) is 20.5. The van der Waals surface area contributed by atoms with Gasteiger partial charge in [0.05, 0.1) is 13.2 Å². The summed E-state index contributed by atoms with van der Waals surface area (Å²) >= 11 is 0. The average Bonchev–Trinajstić information content (AvgIpc) is 3.21. The van der Waals surface area contributed by atoms with Gasteiger partial charge in [-0.3, -0.25) is 0 Å². The number of aromatic nitrogens is 1. The smallest absolute Gasteiger partial charge is 0.226 e. The Bertz CT molecular complexity index is 770. The molecule has 2 heterocycles. The lowest BCUT2D eigenvalue weighted by Gasteiger charge is -2.32. The lowest BCUT2D eigenvalue weighted by Crippen LogP contribution is -2.49. The molecule has 7 nitrogen and oxygen atoms in total. The Hall–Kier alpha value is -1.65. The van der Waals surface area contributed by atoms with E-state index in [4.69, 9.17) is 14.1 Å². The summed E-state index contributed by atoms with van der Waals surface area (Å²) in [5.41, 5.74) is 3.03. The van der Waals surface area contributed by atoms with Crippen LogP contribution in [-0.2, 0) is 11.3 Å². The molecule has 0 bridgehead atoms. The molecule has 0 atom stereocenters. The first-order valence-corrected chi connectivity index (χ1v) is 10.5. The number of ether oxygens (including phenoxy) is 1. The lowest BCUT2D eigenvalue weighted by molar-refractivity contribution is 0.128. The molecule has 30 heavy (non-hydrogen) atoms. The molecule has 1 aromatic carbocycles. The average molecular weight is 527 g/mol. The van der Waals surface area contributed by atoms with Gasteiger partial charge < -0.3 is 24.7 Å². The fourth-order valence-corrected chi connectivity index (χ4v) is 3.40. The van der Waals surface area contributed by atoms with Gasteiger partial charge in [-0.15, -0.1) is 24.0 Å². The van der Waals surface area contributed by atoms with E-state index in [9.17, 15) is 0 Å². The van der Waals surface area contributed by atoms with E-state index in [1.807, 2.05) is 12.1 Å². The topological polar surface area (TPSA) is 74.9 Å². The van der Waals surface area contributed by atoms with E-state index >= 15 is 0 Å². The van der Waals surface area contributed by atoms with Crippen LogP contribution in [-0.4, -0.2) is 61.8 Å². The number of nitrogens with one attached hydrogen (secondary N) is 2. The van der Waals surface area contributed by atoms with E-state index in [0.29, 0.717) is 18.5 Å². The first-order valence-electron chi connectivity index (χ1n) is 10.5. The monoisotopic (exact) mass is 527 g/mol. The number of nitrogens with zero attached hydrogens (tertiary/aromatic N) is 3. The number of halogens is 1. The van der Waals surface area contributed by atoms with Crippen molar-refractivity contribution in [2.24, 2.45) is 4.99 Å². The van der Waals surface area contributed by atoms with Crippen molar-refractivity contribution < 1.29 is 9.15 Å². The fourth-order valence-electron chi connectivity index (χ4n) is 3.40. The van der Waals surface area contributed by atoms with E-state index < -0.39 is 0 Å². The highest BCUT2D eigenvalue weighted by atomic mass is 127. The fraction of sp³-hybridized carbons (Fsp3) is 0.545. The van der Waals surface area contributed by atoms with Gasteiger partial charge in [-0.25, -0.2) is 9.98 Å². The standard InChI is InChI=1S/C22H33N5O2.HI/c1-4-23-22(26-19-9-11-27(12-10-19)13-14-28-3)24-15-20-16-29-21(25-20)18-7-5-17(2)6-8-18;/h5-8,16,19H,4,9-15H2,1-3H3,(H2,23,24,26);1H. The van der Waals surface area contributed by atoms with Gasteiger partial charge >= 0.3 is 0 Å². The van der Waals surface area contributed by atoms with Gasteiger partial charge in [-0.05, 0) is 38.8 Å². The number of oxazole rings is 1. The number of aliphatic imine (C=N–C) groups is 1. The summed E-state index contributed by atoms with van der Waals surface area (Å²) in [5, 5.41) is 6.91. The Kier molecular flexibility index (Phi) is 10.6. The van der Waals surface area contributed by atoms with Crippen molar-refractivity contribution >= 4 is 29.9 Å². The lowest BCUT2D eigenvalue weighted by atomic mass is 10.1. The maximum absolute atomic E-state index is 5.64. The molecule has 3 rings (SSSR count). The quantitative estimate of drug-likeness (QED) is 0.312. The second-order valence-corrected chi connectivity index (χ2v) is 7.46. The summed E-state index contributed by atoms with van der Waals surface area (Å²) in [4.78, 5) is 11.7. The van der Waals surface area contributed by atoms with E-state index in [-0.39, 0.29) is 24.0 Å². The minimum absolute atomic E-state index is 0. The highest BCUT2D eigenvalue weighted by molar-refractivity contribution is 14.0. The van der Waals surface area contributed by atoms with Gasteiger partial charge in [0.15, 0.2) is 5.96 Å². The molecular formula is C22H34IN5O2. The molecule has 1 saturated heterocycles. The Labute approximate surface area is 196 Å². The molecule has 1 aliphatic heterocycles. The number of piperidine rings is 1. The summed E-state index contributed by atoms with van der Waals surface area (Å²) in [7, 11) is 1.76. The summed E-state index contributed by atoms with van der Waals surface area (Å²) in [6.45, 7) is 9.43. The van der Waals surface area contributed by atoms with Crippen LogP contribution in [0.1, 0.15) is 31.0 Å². The Balaban J connectivity index is 0.00000320. The molecule has 8 heteroatoms. The molecule has 1 aliphatic rings. The van der Waals surface area contributed by atoms with Crippen molar-refractivity contribution in [2.75, 3.05) is 39.9 Å². The zero-order valence-electron chi connectivity index (χ0n) is 18.2. The molecule has 0 aliphatic carbocycles. The zero-order chi connectivity index (χ0) is 20.5. The first kappa shape index (κ1) is 24.6. The van der Waals surface area contributed by atoms with Gasteiger partial charge in [-0.1, -0.05) is 17.7 Å². The van der Waals surface area contributed by atoms with Gasteiger partial charge in [0.2, 0.25) is 5.89 Å². The van der Waals surface area contributed by atoms with Crippen LogP contribution in [0.4, 0.5) is 0 Å². The minimum atomic E-state index is 0. The van der Waals surface area contributed by atoms with E-state index in [1.54, 1.807) is 13.4 Å². The molecule has 0 amide bonds. The molecule has 1 aromatic heterocycles. The normalized spacial score (nSPS) is 15.6. The summed E-state index contributed by atoms with van der Waals surface area (Å²) in [6.07, 6.45) is 3.90. The van der Waals surface area contributed by atoms with E-state index in [0.717, 1.165) is 62.8 Å². The van der Waals surface area contributed by atoms with Crippen molar-refractivity contribution in [1.29, 1.82) is 0 Å². The van der Waals surface area contributed by atoms with Crippen LogP contribution in [0.2, 0.25) is 0 Å². The third-order valence-corrected chi connectivity index (χ3v) is 5.13. The number of aryl methyl sites for hydroxylation is 1. The van der Waals surface area contributed by atoms with Crippen LogP contribution in [0.25, 0.3) is 11.5 Å². The number of likely N-dealkylation sites (tertiary alicyclic amines) is 1. The molecule has 2 N–H and O–H groups in total. The molecule has 0 unspecified atom stereocenters. The molecule has 0 saturated carbocycles. The van der Waals surface area contributed by atoms with Crippen LogP contribution in [0, 0.1) is 6.92 Å². The predicted octanol–water partition coefficient (Wildman–Crippen LogP) is 3.43. The van der Waals surface area contributed by atoms with Crippen molar-refractivity contribution in [3.05, 3.63) is 41.8 Å². The maximum Gasteiger partial charge on any atom is 0.226 e. The molecular weight excluding hydrogens is 493 g/mol. The van der Waals surface area contributed by atoms with Gasteiger partial charge in [0.1, 0.15) is 12.0 Å². The van der Waals surface area contributed by atoms with Crippen LogP contribution in [0.3, 0.4) is 0 Å². The Morgan fingerprint density at radius 2 is 2.00 bits per heavy atom. The van der Waals surface area contributed by atoms with Crippen LogP contribution >= 0.6 is 24.0 Å². The van der Waals surface area contributed by atoms with Crippen molar-refractivity contribution in [1.82, 2.24) is 20.5 Å². The second kappa shape index (κ2) is 12.9. The molecule has 0 radical (unpaired) electrons. The number of hydrogen-bond acceptors (Lipinski definition) is 5. The Morgan fingerprint density at radius 1 is 1.27 bits per heavy atom. The van der Waals surface area contributed by atoms with Crippen LogP contribution in [0.15, 0.2) is 39.9 Å². The summed E-state index contributed by atoms with van der Waals surface area (Å²) in [5.74, 6) is 1.47. The number of rotatable bonds is 8. The number of benzene rings is 1. The predicted molar refractivity (Wildman–Crippen MR) is 131 cm³/mol. The van der Waals surface area contributed by atoms with E-state index in [1.165, 1.54) is 5.56 Å². The van der Waals surface area contributed by atoms with Crippen molar-refractivity contribution in [3.63, 3.8) is 0 Å². The summed E-state index contributed by atoms with van der Waals surface area (Å²) < 4.78 is 10.8. The maximum atomic E-state index is 5.64. The largest absolute Gasteiger partial charge is 0.444 e. The summed E-state index contributed by atoms with van der Waals surface area (Å²) in [6, 6.07) is 8.61. The molecule has 2 aromatic rings. The number of hydrogen-bond donors (Lipinski definition) is 2. The first-order chi connectivity index (χ1) is 14.2. The second-order valence-electron chi connectivity index (χ2n) is 7.46. The third-order valence-electron chi connectivity index (χ3n) is 5.13. The van der Waals surface area contributed by atoms with Gasteiger partial charge in [0, 0.05) is 44.9 Å². The highest BCUT2D eigenvalue weighted by Gasteiger charge is 2.19. The van der Waals surface area contributed by atoms with Gasteiger partial charge in [-0.2, -0.15) is 0 Å². The van der Waals surface area contributed by atoms with Crippen molar-refractivity contribution in [3.8, 4) is 11.5 Å². The van der Waals surface area contributed by atoms with Crippen molar-refractivity contribution in [2.45, 2.75) is 39.3 Å². The number of methoxy groups -OCH3 is 1. The Morgan fingerprint density at radius 3 is 2.67 bits per heavy atom. The van der Waals surface area contributed by atoms with Crippen LogP contribution < -0.4 is 10.6 Å².